The number of nitro benzene ring substituents is 1. The summed E-state index contributed by atoms with van der Waals surface area (Å²) < 4.78 is 26.9. The zero-order valence-electron chi connectivity index (χ0n) is 13.5. The Labute approximate surface area is 141 Å². The van der Waals surface area contributed by atoms with Gasteiger partial charge in [0, 0.05) is 38.5 Å². The third-order valence-electron chi connectivity index (χ3n) is 3.50. The van der Waals surface area contributed by atoms with Crippen molar-refractivity contribution in [3.05, 3.63) is 64.2 Å². The highest BCUT2D eigenvalue weighted by molar-refractivity contribution is 7.89. The second-order valence-electron chi connectivity index (χ2n) is 5.46. The fraction of sp³-hybridized carbons (Fsp3) is 0.250. The van der Waals surface area contributed by atoms with Gasteiger partial charge in [-0.15, -0.1) is 0 Å². The SMILES string of the molecule is CN(C)c1ccc(CCNS(=O)(=O)c2cccc([N+](=O)[O-])c2)cc1. The van der Waals surface area contributed by atoms with E-state index in [1.54, 1.807) is 0 Å². The van der Waals surface area contributed by atoms with Crippen molar-refractivity contribution < 1.29 is 13.3 Å². The maximum absolute atomic E-state index is 12.2. The van der Waals surface area contributed by atoms with Crippen molar-refractivity contribution in [2.75, 3.05) is 25.5 Å². The average Bonchev–Trinajstić information content (AvgIpc) is 2.55. The van der Waals surface area contributed by atoms with Crippen molar-refractivity contribution in [3.8, 4) is 0 Å². The summed E-state index contributed by atoms with van der Waals surface area (Å²) in [7, 11) is 0.123. The Hall–Kier alpha value is -2.45. The Morgan fingerprint density at radius 3 is 2.38 bits per heavy atom. The number of hydrogen-bond donors (Lipinski definition) is 1. The van der Waals surface area contributed by atoms with Gasteiger partial charge < -0.3 is 4.90 Å². The quantitative estimate of drug-likeness (QED) is 0.611. The van der Waals surface area contributed by atoms with Crippen LogP contribution >= 0.6 is 0 Å². The minimum Gasteiger partial charge on any atom is -0.378 e. The number of nitro groups is 1. The number of nitrogens with zero attached hydrogens (tertiary/aromatic N) is 2. The van der Waals surface area contributed by atoms with Gasteiger partial charge in [-0.1, -0.05) is 18.2 Å². The van der Waals surface area contributed by atoms with Gasteiger partial charge in [-0.2, -0.15) is 0 Å². The van der Waals surface area contributed by atoms with E-state index in [9.17, 15) is 18.5 Å². The van der Waals surface area contributed by atoms with Crippen molar-refractivity contribution >= 4 is 21.4 Å². The van der Waals surface area contributed by atoms with Gasteiger partial charge in [-0.3, -0.25) is 10.1 Å². The van der Waals surface area contributed by atoms with Crippen LogP contribution in [0.4, 0.5) is 11.4 Å². The van der Waals surface area contributed by atoms with Gasteiger partial charge in [-0.05, 0) is 30.2 Å². The molecule has 0 saturated heterocycles. The Balaban J connectivity index is 2.00. The molecule has 0 radical (unpaired) electrons. The fourth-order valence-electron chi connectivity index (χ4n) is 2.14. The molecule has 0 aliphatic carbocycles. The van der Waals surface area contributed by atoms with E-state index in [2.05, 4.69) is 4.72 Å². The fourth-order valence-corrected chi connectivity index (χ4v) is 3.21. The Kier molecular flexibility index (Phi) is 5.53. The highest BCUT2D eigenvalue weighted by Gasteiger charge is 2.17. The van der Waals surface area contributed by atoms with Crippen LogP contribution in [0.3, 0.4) is 0 Å². The van der Waals surface area contributed by atoms with E-state index in [0.717, 1.165) is 17.3 Å². The maximum atomic E-state index is 12.2. The lowest BCUT2D eigenvalue weighted by Gasteiger charge is -2.12. The lowest BCUT2D eigenvalue weighted by atomic mass is 10.1. The first-order valence-electron chi connectivity index (χ1n) is 7.30. The first-order chi connectivity index (χ1) is 11.3. The molecule has 0 fully saturated rings. The predicted molar refractivity (Wildman–Crippen MR) is 92.8 cm³/mol. The molecule has 8 heteroatoms. The summed E-state index contributed by atoms with van der Waals surface area (Å²) >= 11 is 0. The van der Waals surface area contributed by atoms with Crippen LogP contribution in [0.1, 0.15) is 5.56 Å². The summed E-state index contributed by atoms with van der Waals surface area (Å²) in [5.74, 6) is 0. The summed E-state index contributed by atoms with van der Waals surface area (Å²) in [5.41, 5.74) is 1.82. The molecular weight excluding hydrogens is 330 g/mol. The van der Waals surface area contributed by atoms with Crippen molar-refractivity contribution in [1.29, 1.82) is 0 Å². The third-order valence-corrected chi connectivity index (χ3v) is 4.96. The van der Waals surface area contributed by atoms with Crippen LogP contribution in [-0.4, -0.2) is 34.0 Å². The molecule has 2 aromatic carbocycles. The van der Waals surface area contributed by atoms with Gasteiger partial charge in [-0.25, -0.2) is 13.1 Å². The first-order valence-corrected chi connectivity index (χ1v) is 8.78. The topological polar surface area (TPSA) is 92.6 Å². The van der Waals surface area contributed by atoms with Crippen LogP contribution < -0.4 is 9.62 Å². The number of non-ortho nitro benzene ring substituents is 1. The third kappa shape index (κ3) is 4.53. The number of hydrogen-bond acceptors (Lipinski definition) is 5. The standard InChI is InChI=1S/C16H19N3O4S/c1-18(2)14-8-6-13(7-9-14)10-11-17-24(22,23)16-5-3-4-15(12-16)19(20)21/h3-9,12,17H,10-11H2,1-2H3. The van der Waals surface area contributed by atoms with E-state index in [1.165, 1.54) is 18.2 Å². The van der Waals surface area contributed by atoms with Crippen molar-refractivity contribution in [2.45, 2.75) is 11.3 Å². The zero-order chi connectivity index (χ0) is 17.7. The molecule has 0 atom stereocenters. The largest absolute Gasteiger partial charge is 0.378 e. The molecule has 0 spiro atoms. The Morgan fingerprint density at radius 2 is 1.79 bits per heavy atom. The van der Waals surface area contributed by atoms with Crippen LogP contribution in [0.25, 0.3) is 0 Å². The summed E-state index contributed by atoms with van der Waals surface area (Å²) in [6, 6.07) is 12.8. The number of benzene rings is 2. The second kappa shape index (κ2) is 7.41. The lowest BCUT2D eigenvalue weighted by molar-refractivity contribution is -0.385. The van der Waals surface area contributed by atoms with E-state index < -0.39 is 14.9 Å². The molecule has 2 rings (SSSR count). The molecule has 1 N–H and O–H groups in total. The van der Waals surface area contributed by atoms with Crippen molar-refractivity contribution in [3.63, 3.8) is 0 Å². The van der Waals surface area contributed by atoms with E-state index in [0.29, 0.717) is 6.42 Å². The molecule has 0 heterocycles. The summed E-state index contributed by atoms with van der Waals surface area (Å²) in [6.45, 7) is 0.215. The first kappa shape index (κ1) is 17.9. The molecule has 24 heavy (non-hydrogen) atoms. The number of sulfonamides is 1. The summed E-state index contributed by atoms with van der Waals surface area (Å²) in [6.07, 6.45) is 0.530. The predicted octanol–water partition coefficient (Wildman–Crippen LogP) is 2.18. The second-order valence-corrected chi connectivity index (χ2v) is 7.23. The number of anilines is 1. The summed E-state index contributed by atoms with van der Waals surface area (Å²) in [5, 5.41) is 10.7. The van der Waals surface area contributed by atoms with Crippen LogP contribution in [0.2, 0.25) is 0 Å². The van der Waals surface area contributed by atoms with Gasteiger partial charge in [0.1, 0.15) is 0 Å². The smallest absolute Gasteiger partial charge is 0.270 e. The molecule has 0 amide bonds. The maximum Gasteiger partial charge on any atom is 0.270 e. The van der Waals surface area contributed by atoms with E-state index in [1.807, 2.05) is 43.3 Å². The normalized spacial score (nSPS) is 11.2. The van der Waals surface area contributed by atoms with E-state index in [-0.39, 0.29) is 17.1 Å². The van der Waals surface area contributed by atoms with Gasteiger partial charge >= 0.3 is 0 Å². The van der Waals surface area contributed by atoms with Crippen LogP contribution in [0.15, 0.2) is 53.4 Å². The van der Waals surface area contributed by atoms with E-state index in [4.69, 9.17) is 0 Å². The van der Waals surface area contributed by atoms with Gasteiger partial charge in [0.25, 0.3) is 5.69 Å². The molecule has 7 nitrogen and oxygen atoms in total. The Bertz CT molecular complexity index is 817. The molecule has 128 valence electrons. The zero-order valence-corrected chi connectivity index (χ0v) is 14.3. The molecular formula is C16H19N3O4S. The molecule has 0 aromatic heterocycles. The monoisotopic (exact) mass is 349 g/mol. The number of nitrogens with one attached hydrogen (secondary N) is 1. The van der Waals surface area contributed by atoms with Gasteiger partial charge in [0.2, 0.25) is 10.0 Å². The van der Waals surface area contributed by atoms with Crippen LogP contribution in [0.5, 0.6) is 0 Å². The van der Waals surface area contributed by atoms with Crippen LogP contribution in [0, 0.1) is 10.1 Å². The lowest BCUT2D eigenvalue weighted by Crippen LogP contribution is -2.26. The summed E-state index contributed by atoms with van der Waals surface area (Å²) in [4.78, 5) is 12.0. The number of rotatable bonds is 7. The molecule has 2 aromatic rings. The molecule has 0 unspecified atom stereocenters. The molecule has 0 aliphatic rings. The van der Waals surface area contributed by atoms with Crippen molar-refractivity contribution in [2.24, 2.45) is 0 Å². The highest BCUT2D eigenvalue weighted by atomic mass is 32.2. The minimum absolute atomic E-state index is 0.111. The van der Waals surface area contributed by atoms with E-state index >= 15 is 0 Å². The van der Waals surface area contributed by atoms with Gasteiger partial charge in [0.05, 0.1) is 9.82 Å². The average molecular weight is 349 g/mol. The Morgan fingerprint density at radius 1 is 1.12 bits per heavy atom. The molecule has 0 bridgehead atoms. The van der Waals surface area contributed by atoms with Crippen molar-refractivity contribution in [1.82, 2.24) is 4.72 Å². The molecule has 0 aliphatic heterocycles. The van der Waals surface area contributed by atoms with Crippen LogP contribution in [-0.2, 0) is 16.4 Å². The van der Waals surface area contributed by atoms with Gasteiger partial charge in [0.15, 0.2) is 0 Å². The highest BCUT2D eigenvalue weighted by Crippen LogP contribution is 2.17. The minimum atomic E-state index is -3.77. The molecule has 0 saturated carbocycles.